The van der Waals surface area contributed by atoms with Crippen molar-refractivity contribution in [1.29, 1.82) is 0 Å². The molecule has 2 rings (SSSR count). The summed E-state index contributed by atoms with van der Waals surface area (Å²) in [6.07, 6.45) is 1.41. The monoisotopic (exact) mass is 255 g/mol. The molecule has 1 aromatic carbocycles. The highest BCUT2D eigenvalue weighted by Crippen LogP contribution is 2.31. The van der Waals surface area contributed by atoms with Crippen molar-refractivity contribution in [3.05, 3.63) is 47.2 Å². The molecule has 0 aliphatic carbocycles. The zero-order valence-electron chi connectivity index (χ0n) is 8.88. The second-order valence-electron chi connectivity index (χ2n) is 3.31. The summed E-state index contributed by atoms with van der Waals surface area (Å²) in [5.74, 6) is -1.46. The molecular weight excluding hydrogens is 248 g/mol. The third-order valence-corrected chi connectivity index (χ3v) is 2.59. The van der Waals surface area contributed by atoms with Gasteiger partial charge in [-0.15, -0.1) is 0 Å². The van der Waals surface area contributed by atoms with E-state index in [1.54, 1.807) is 0 Å². The van der Waals surface area contributed by atoms with Gasteiger partial charge in [0.05, 0.1) is 13.3 Å². The van der Waals surface area contributed by atoms with Crippen molar-refractivity contribution in [1.82, 2.24) is 4.98 Å². The zero-order chi connectivity index (χ0) is 12.4. The van der Waals surface area contributed by atoms with Gasteiger partial charge in [-0.05, 0) is 12.1 Å². The van der Waals surface area contributed by atoms with Crippen molar-refractivity contribution in [2.75, 3.05) is 7.11 Å². The minimum Gasteiger partial charge on any atom is -0.495 e. The van der Waals surface area contributed by atoms with Crippen molar-refractivity contribution >= 4 is 11.6 Å². The van der Waals surface area contributed by atoms with E-state index < -0.39 is 11.6 Å². The minimum atomic E-state index is -0.954. The number of benzene rings is 1. The highest BCUT2D eigenvalue weighted by molar-refractivity contribution is 6.32. The van der Waals surface area contributed by atoms with Gasteiger partial charge < -0.3 is 4.74 Å². The summed E-state index contributed by atoms with van der Waals surface area (Å²) < 4.78 is 31.7. The second kappa shape index (κ2) is 4.67. The fraction of sp³-hybridized carbons (Fsp3) is 0.0833. The van der Waals surface area contributed by atoms with Gasteiger partial charge in [0.25, 0.3) is 0 Å². The fourth-order valence-corrected chi connectivity index (χ4v) is 1.65. The number of rotatable bonds is 2. The lowest BCUT2D eigenvalue weighted by atomic mass is 10.1. The van der Waals surface area contributed by atoms with Gasteiger partial charge in [0.1, 0.15) is 10.9 Å². The predicted molar refractivity (Wildman–Crippen MR) is 61.2 cm³/mol. The highest BCUT2D eigenvalue weighted by atomic mass is 35.5. The summed E-state index contributed by atoms with van der Waals surface area (Å²) in [6, 6.07) is 5.39. The molecule has 0 radical (unpaired) electrons. The molecule has 0 aliphatic heterocycles. The van der Waals surface area contributed by atoms with Gasteiger partial charge in [-0.1, -0.05) is 23.7 Å². The van der Waals surface area contributed by atoms with E-state index >= 15 is 0 Å². The van der Waals surface area contributed by atoms with E-state index in [1.165, 1.54) is 31.5 Å². The van der Waals surface area contributed by atoms with Crippen LogP contribution in [0, 0.1) is 11.6 Å². The van der Waals surface area contributed by atoms with Crippen LogP contribution in [0.2, 0.25) is 5.15 Å². The molecule has 17 heavy (non-hydrogen) atoms. The Morgan fingerprint density at radius 1 is 1.24 bits per heavy atom. The van der Waals surface area contributed by atoms with Crippen LogP contribution in [0.3, 0.4) is 0 Å². The summed E-state index contributed by atoms with van der Waals surface area (Å²) in [7, 11) is 1.45. The van der Waals surface area contributed by atoms with Crippen LogP contribution in [0.25, 0.3) is 11.1 Å². The normalized spacial score (nSPS) is 10.4. The third-order valence-electron chi connectivity index (χ3n) is 2.29. The van der Waals surface area contributed by atoms with Crippen LogP contribution in [0.4, 0.5) is 8.78 Å². The van der Waals surface area contributed by atoms with Gasteiger partial charge in [0, 0.05) is 11.1 Å². The maximum Gasteiger partial charge on any atom is 0.166 e. The number of hydrogen-bond donors (Lipinski definition) is 0. The molecule has 0 aliphatic rings. The molecule has 0 amide bonds. The van der Waals surface area contributed by atoms with Crippen LogP contribution in [0.15, 0.2) is 30.5 Å². The third kappa shape index (κ3) is 2.22. The summed E-state index contributed by atoms with van der Waals surface area (Å²) in [6.45, 7) is 0. The van der Waals surface area contributed by atoms with Crippen molar-refractivity contribution in [3.63, 3.8) is 0 Å². The van der Waals surface area contributed by atoms with Crippen LogP contribution >= 0.6 is 11.6 Å². The molecule has 0 saturated carbocycles. The Morgan fingerprint density at radius 2 is 2.00 bits per heavy atom. The number of nitrogens with zero attached hydrogens (tertiary/aromatic N) is 1. The predicted octanol–water partition coefficient (Wildman–Crippen LogP) is 3.69. The van der Waals surface area contributed by atoms with Crippen LogP contribution in [-0.2, 0) is 0 Å². The molecule has 0 spiro atoms. The highest BCUT2D eigenvalue weighted by Gasteiger charge is 2.14. The van der Waals surface area contributed by atoms with E-state index in [4.69, 9.17) is 16.3 Å². The Kier molecular flexibility index (Phi) is 3.24. The van der Waals surface area contributed by atoms with E-state index in [9.17, 15) is 8.78 Å². The largest absolute Gasteiger partial charge is 0.495 e. The van der Waals surface area contributed by atoms with Crippen molar-refractivity contribution < 1.29 is 13.5 Å². The Hall–Kier alpha value is -1.68. The summed E-state index contributed by atoms with van der Waals surface area (Å²) in [5.41, 5.74) is 0.351. The van der Waals surface area contributed by atoms with Crippen LogP contribution in [0.1, 0.15) is 0 Å². The first-order chi connectivity index (χ1) is 8.13. The lowest BCUT2D eigenvalue weighted by Gasteiger charge is -2.07. The van der Waals surface area contributed by atoms with Crippen molar-refractivity contribution in [2.45, 2.75) is 0 Å². The van der Waals surface area contributed by atoms with Crippen LogP contribution < -0.4 is 4.74 Å². The zero-order valence-corrected chi connectivity index (χ0v) is 9.63. The number of methoxy groups -OCH3 is 1. The lowest BCUT2D eigenvalue weighted by molar-refractivity contribution is 0.413. The molecule has 0 atom stereocenters. The number of pyridine rings is 1. The van der Waals surface area contributed by atoms with Gasteiger partial charge in [0.15, 0.2) is 11.6 Å². The summed E-state index contributed by atoms with van der Waals surface area (Å²) >= 11 is 5.86. The molecular formula is C12H8ClF2NO. The van der Waals surface area contributed by atoms with Gasteiger partial charge >= 0.3 is 0 Å². The number of ether oxygens (including phenoxy) is 1. The topological polar surface area (TPSA) is 22.1 Å². The summed E-state index contributed by atoms with van der Waals surface area (Å²) in [4.78, 5) is 3.85. The minimum absolute atomic E-state index is 0.0569. The maximum atomic E-state index is 13.6. The Labute approximate surface area is 102 Å². The average Bonchev–Trinajstić information content (AvgIpc) is 2.34. The molecule has 1 heterocycles. The van der Waals surface area contributed by atoms with Gasteiger partial charge in [-0.2, -0.15) is 0 Å². The molecule has 0 N–H and O–H groups in total. The first-order valence-corrected chi connectivity index (χ1v) is 5.15. The number of hydrogen-bond acceptors (Lipinski definition) is 2. The van der Waals surface area contributed by atoms with E-state index in [0.29, 0.717) is 11.3 Å². The Bertz CT molecular complexity index is 560. The van der Waals surface area contributed by atoms with E-state index in [1.807, 2.05) is 0 Å². The standard InChI is InChI=1S/C12H8ClF2NO/c1-17-7-5-9(12(13)16-6-7)8-3-2-4-10(14)11(8)15/h2-6H,1H3. The smallest absolute Gasteiger partial charge is 0.166 e. The van der Waals surface area contributed by atoms with Crippen LogP contribution in [-0.4, -0.2) is 12.1 Å². The van der Waals surface area contributed by atoms with Gasteiger partial charge in [-0.25, -0.2) is 13.8 Å². The lowest BCUT2D eigenvalue weighted by Crippen LogP contribution is -1.93. The first-order valence-electron chi connectivity index (χ1n) is 4.77. The first kappa shape index (κ1) is 11.8. The van der Waals surface area contributed by atoms with E-state index in [-0.39, 0.29) is 10.7 Å². The number of halogens is 3. The fourth-order valence-electron chi connectivity index (χ4n) is 1.44. The van der Waals surface area contributed by atoms with Crippen molar-refractivity contribution in [3.8, 4) is 16.9 Å². The van der Waals surface area contributed by atoms with Gasteiger partial charge in [-0.3, -0.25) is 0 Å². The van der Waals surface area contributed by atoms with E-state index in [2.05, 4.69) is 4.98 Å². The number of aromatic nitrogens is 1. The quantitative estimate of drug-likeness (QED) is 0.764. The Morgan fingerprint density at radius 3 is 2.71 bits per heavy atom. The summed E-state index contributed by atoms with van der Waals surface area (Å²) in [5, 5.41) is 0.0929. The molecule has 5 heteroatoms. The van der Waals surface area contributed by atoms with Crippen molar-refractivity contribution in [2.24, 2.45) is 0 Å². The molecule has 0 fully saturated rings. The molecule has 88 valence electrons. The molecule has 0 saturated heterocycles. The maximum absolute atomic E-state index is 13.6. The SMILES string of the molecule is COc1cnc(Cl)c(-c2cccc(F)c2F)c1. The molecule has 1 aromatic heterocycles. The van der Waals surface area contributed by atoms with Gasteiger partial charge in [0.2, 0.25) is 0 Å². The molecule has 2 nitrogen and oxygen atoms in total. The second-order valence-corrected chi connectivity index (χ2v) is 3.67. The average molecular weight is 256 g/mol. The molecule has 2 aromatic rings. The molecule has 0 bridgehead atoms. The van der Waals surface area contributed by atoms with E-state index in [0.717, 1.165) is 6.07 Å². The molecule has 0 unspecified atom stereocenters. The van der Waals surface area contributed by atoms with Crippen LogP contribution in [0.5, 0.6) is 5.75 Å². The Balaban J connectivity index is 2.63.